The van der Waals surface area contributed by atoms with Crippen LogP contribution in [0.3, 0.4) is 0 Å². The molecular formula is C19H17ClF3N3O. The van der Waals surface area contributed by atoms with Crippen molar-refractivity contribution in [3.05, 3.63) is 71.6 Å². The zero-order chi connectivity index (χ0) is 19.5. The summed E-state index contributed by atoms with van der Waals surface area (Å²) in [5, 5.41) is 11.2. The van der Waals surface area contributed by atoms with Crippen molar-refractivity contribution < 1.29 is 17.6 Å². The number of nitrogens with one attached hydrogen (secondary N) is 1. The maximum Gasteiger partial charge on any atom is 0.416 e. The number of halogens is 4. The minimum absolute atomic E-state index is 0.0996. The summed E-state index contributed by atoms with van der Waals surface area (Å²) in [6.45, 7) is 1.92. The molecule has 0 amide bonds. The quantitative estimate of drug-likeness (QED) is 0.597. The van der Waals surface area contributed by atoms with Gasteiger partial charge in [0.2, 0.25) is 11.8 Å². The maximum absolute atomic E-state index is 12.9. The summed E-state index contributed by atoms with van der Waals surface area (Å²) in [6.07, 6.45) is -4.39. The summed E-state index contributed by atoms with van der Waals surface area (Å²) < 4.78 is 44.3. The van der Waals surface area contributed by atoms with Crippen molar-refractivity contribution in [2.45, 2.75) is 25.2 Å². The van der Waals surface area contributed by atoms with Crippen LogP contribution >= 0.6 is 11.6 Å². The highest BCUT2D eigenvalue weighted by Gasteiger charge is 2.33. The molecule has 0 aliphatic carbocycles. The molecule has 0 aliphatic rings. The second-order valence-corrected chi connectivity index (χ2v) is 6.56. The van der Waals surface area contributed by atoms with E-state index in [1.165, 1.54) is 6.07 Å². The number of benzene rings is 2. The van der Waals surface area contributed by atoms with Crippen molar-refractivity contribution in [2.24, 2.45) is 0 Å². The van der Waals surface area contributed by atoms with Gasteiger partial charge in [0.1, 0.15) is 5.54 Å². The van der Waals surface area contributed by atoms with Gasteiger partial charge in [-0.05, 0) is 30.7 Å². The Morgan fingerprint density at radius 3 is 2.44 bits per heavy atom. The van der Waals surface area contributed by atoms with Gasteiger partial charge >= 0.3 is 6.18 Å². The molecule has 1 atom stereocenters. The molecule has 1 heterocycles. The minimum atomic E-state index is -4.39. The van der Waals surface area contributed by atoms with Gasteiger partial charge in [-0.1, -0.05) is 36.4 Å². The van der Waals surface area contributed by atoms with Gasteiger partial charge in [-0.3, -0.25) is 5.32 Å². The molecule has 1 N–H and O–H groups in total. The summed E-state index contributed by atoms with van der Waals surface area (Å²) in [5.41, 5.74) is -0.343. The summed E-state index contributed by atoms with van der Waals surface area (Å²) >= 11 is 6.10. The summed E-state index contributed by atoms with van der Waals surface area (Å²) in [7, 11) is 0. The second-order valence-electron chi connectivity index (χ2n) is 6.30. The van der Waals surface area contributed by atoms with Crippen LogP contribution < -0.4 is 5.32 Å². The lowest BCUT2D eigenvalue weighted by atomic mass is 10.0. The number of rotatable bonds is 6. The first-order valence-corrected chi connectivity index (χ1v) is 8.72. The highest BCUT2D eigenvalue weighted by atomic mass is 35.5. The lowest BCUT2D eigenvalue weighted by molar-refractivity contribution is -0.137. The molecule has 1 unspecified atom stereocenters. The minimum Gasteiger partial charge on any atom is -0.419 e. The molecule has 3 aromatic rings. The van der Waals surface area contributed by atoms with Crippen LogP contribution in [0.5, 0.6) is 0 Å². The van der Waals surface area contributed by atoms with Crippen molar-refractivity contribution in [2.75, 3.05) is 5.88 Å². The molecule has 0 radical (unpaired) electrons. The Bertz CT molecular complexity index is 898. The molecular weight excluding hydrogens is 379 g/mol. The molecule has 0 spiro atoms. The Labute approximate surface area is 159 Å². The summed E-state index contributed by atoms with van der Waals surface area (Å²) in [6, 6.07) is 14.4. The first kappa shape index (κ1) is 19.4. The molecule has 8 heteroatoms. The molecule has 1 aromatic heterocycles. The van der Waals surface area contributed by atoms with Crippen molar-refractivity contribution in [3.63, 3.8) is 0 Å². The Kier molecular flexibility index (Phi) is 5.53. The zero-order valence-corrected chi connectivity index (χ0v) is 15.2. The molecule has 2 aromatic carbocycles. The average Bonchev–Trinajstić information content (AvgIpc) is 3.17. The third-order valence-electron chi connectivity index (χ3n) is 4.12. The Morgan fingerprint density at radius 1 is 1.04 bits per heavy atom. The van der Waals surface area contributed by atoms with Crippen LogP contribution in [0.2, 0.25) is 0 Å². The van der Waals surface area contributed by atoms with Crippen LogP contribution in [0.1, 0.15) is 23.9 Å². The van der Waals surface area contributed by atoms with Gasteiger partial charge in [0.15, 0.2) is 0 Å². The lowest BCUT2D eigenvalue weighted by Crippen LogP contribution is -2.41. The van der Waals surface area contributed by atoms with Crippen molar-refractivity contribution in [1.82, 2.24) is 15.5 Å². The third-order valence-corrected chi connectivity index (χ3v) is 4.66. The monoisotopic (exact) mass is 395 g/mol. The fourth-order valence-electron chi connectivity index (χ4n) is 2.48. The van der Waals surface area contributed by atoms with E-state index in [9.17, 15) is 13.2 Å². The smallest absolute Gasteiger partial charge is 0.416 e. The van der Waals surface area contributed by atoms with Crippen molar-refractivity contribution in [1.29, 1.82) is 0 Å². The Morgan fingerprint density at radius 2 is 1.78 bits per heavy atom. The van der Waals surface area contributed by atoms with Gasteiger partial charge in [-0.2, -0.15) is 13.2 Å². The largest absolute Gasteiger partial charge is 0.419 e. The van der Waals surface area contributed by atoms with Crippen molar-refractivity contribution in [3.8, 4) is 11.5 Å². The van der Waals surface area contributed by atoms with Gasteiger partial charge in [0, 0.05) is 18.0 Å². The normalized spacial score (nSPS) is 14.1. The second kappa shape index (κ2) is 7.70. The summed E-state index contributed by atoms with van der Waals surface area (Å²) in [5.74, 6) is 0.716. The molecule has 0 saturated heterocycles. The predicted molar refractivity (Wildman–Crippen MR) is 96.1 cm³/mol. The Hall–Kier alpha value is -2.38. The molecule has 0 fully saturated rings. The molecule has 0 aliphatic heterocycles. The molecule has 0 saturated carbocycles. The number of alkyl halides is 4. The van der Waals surface area contributed by atoms with E-state index in [0.29, 0.717) is 11.5 Å². The van der Waals surface area contributed by atoms with Crippen LogP contribution in [0, 0.1) is 0 Å². The van der Waals surface area contributed by atoms with E-state index in [-0.39, 0.29) is 18.3 Å². The predicted octanol–water partition coefficient (Wildman–Crippen LogP) is 5.00. The first-order valence-electron chi connectivity index (χ1n) is 8.18. The van der Waals surface area contributed by atoms with Gasteiger partial charge in [-0.25, -0.2) is 0 Å². The van der Waals surface area contributed by atoms with Gasteiger partial charge in [0.25, 0.3) is 0 Å². The fraction of sp³-hybridized carbons (Fsp3) is 0.263. The van der Waals surface area contributed by atoms with Crippen LogP contribution in [-0.2, 0) is 18.3 Å². The number of nitrogens with zero attached hydrogens (tertiary/aromatic N) is 2. The standard InChI is InChI=1S/C19H17ClF3N3O/c1-18(12-20,17-26-25-16(27-17)14-7-3-2-4-8-14)24-11-13-6-5-9-15(10-13)19(21,22)23/h2-10,24H,11-12H2,1H3. The topological polar surface area (TPSA) is 51.0 Å². The number of aromatic nitrogens is 2. The van der Waals surface area contributed by atoms with Crippen LogP contribution in [0.4, 0.5) is 13.2 Å². The molecule has 4 nitrogen and oxygen atoms in total. The third kappa shape index (κ3) is 4.48. The SMILES string of the molecule is CC(CCl)(NCc1cccc(C(F)(F)F)c1)c1nnc(-c2ccccc2)o1. The summed E-state index contributed by atoms with van der Waals surface area (Å²) in [4.78, 5) is 0. The van der Waals surface area contributed by atoms with Gasteiger partial charge in [0.05, 0.1) is 5.56 Å². The zero-order valence-electron chi connectivity index (χ0n) is 14.4. The molecule has 3 rings (SSSR count). The van der Waals surface area contributed by atoms with Crippen LogP contribution in [0.15, 0.2) is 59.0 Å². The first-order chi connectivity index (χ1) is 12.8. The molecule has 0 bridgehead atoms. The van der Waals surface area contributed by atoms with E-state index in [1.54, 1.807) is 13.0 Å². The van der Waals surface area contributed by atoms with E-state index in [2.05, 4.69) is 15.5 Å². The van der Waals surface area contributed by atoms with E-state index in [4.69, 9.17) is 16.0 Å². The number of hydrogen-bond acceptors (Lipinski definition) is 4. The van der Waals surface area contributed by atoms with E-state index in [0.717, 1.165) is 17.7 Å². The van der Waals surface area contributed by atoms with Gasteiger partial charge in [-0.15, -0.1) is 21.8 Å². The highest BCUT2D eigenvalue weighted by Crippen LogP contribution is 2.30. The van der Waals surface area contributed by atoms with Crippen molar-refractivity contribution >= 4 is 11.6 Å². The molecule has 142 valence electrons. The van der Waals surface area contributed by atoms with E-state index >= 15 is 0 Å². The molecule has 27 heavy (non-hydrogen) atoms. The van der Waals surface area contributed by atoms with Crippen LogP contribution in [-0.4, -0.2) is 16.1 Å². The van der Waals surface area contributed by atoms with Gasteiger partial charge < -0.3 is 4.42 Å². The highest BCUT2D eigenvalue weighted by molar-refractivity contribution is 6.18. The Balaban J connectivity index is 1.77. The van der Waals surface area contributed by atoms with E-state index < -0.39 is 17.3 Å². The van der Waals surface area contributed by atoms with Crippen LogP contribution in [0.25, 0.3) is 11.5 Å². The maximum atomic E-state index is 12.9. The lowest BCUT2D eigenvalue weighted by Gasteiger charge is -2.24. The average molecular weight is 396 g/mol. The number of hydrogen-bond donors (Lipinski definition) is 1. The van der Waals surface area contributed by atoms with E-state index in [1.807, 2.05) is 30.3 Å². The fourth-order valence-corrected chi connectivity index (χ4v) is 2.69.